The molecule has 1 heterocycles. The van der Waals surface area contributed by atoms with E-state index in [1.54, 1.807) is 12.1 Å². The molecule has 0 amide bonds. The van der Waals surface area contributed by atoms with Crippen LogP contribution in [0.3, 0.4) is 0 Å². The Kier molecular flexibility index (Phi) is 5.71. The molecule has 25 heavy (non-hydrogen) atoms. The van der Waals surface area contributed by atoms with Crippen molar-refractivity contribution in [2.45, 2.75) is 31.3 Å². The standard InChI is InChI=1S/C19H20FN3OS/c1-3-23-18(14-9-11-16(12-10-14)24-4-2)21-22-19(23)25-13-15-7-5-6-8-17(15)20/h5-12H,3-4,13H2,1-2H3. The van der Waals surface area contributed by atoms with E-state index in [4.69, 9.17) is 4.74 Å². The summed E-state index contributed by atoms with van der Waals surface area (Å²) >= 11 is 1.49. The molecule has 0 N–H and O–H groups in total. The lowest BCUT2D eigenvalue weighted by Crippen LogP contribution is -2.00. The summed E-state index contributed by atoms with van der Waals surface area (Å²) in [6, 6.07) is 14.6. The highest BCUT2D eigenvalue weighted by Gasteiger charge is 2.14. The third kappa shape index (κ3) is 4.02. The fraction of sp³-hybridized carbons (Fsp3) is 0.263. The van der Waals surface area contributed by atoms with E-state index in [2.05, 4.69) is 17.1 Å². The Morgan fingerprint density at radius 1 is 1.04 bits per heavy atom. The molecule has 0 bridgehead atoms. The Balaban J connectivity index is 1.80. The molecule has 0 spiro atoms. The Morgan fingerprint density at radius 3 is 2.48 bits per heavy atom. The van der Waals surface area contributed by atoms with Gasteiger partial charge in [-0.1, -0.05) is 30.0 Å². The Labute approximate surface area is 151 Å². The molecule has 3 aromatic rings. The van der Waals surface area contributed by atoms with Crippen LogP contribution in [0.5, 0.6) is 5.75 Å². The first-order valence-electron chi connectivity index (χ1n) is 8.25. The van der Waals surface area contributed by atoms with Gasteiger partial charge in [0.15, 0.2) is 11.0 Å². The molecule has 2 aromatic carbocycles. The van der Waals surface area contributed by atoms with Crippen LogP contribution >= 0.6 is 11.8 Å². The summed E-state index contributed by atoms with van der Waals surface area (Å²) in [5.41, 5.74) is 1.65. The lowest BCUT2D eigenvalue weighted by molar-refractivity contribution is 0.340. The number of hydrogen-bond donors (Lipinski definition) is 0. The van der Waals surface area contributed by atoms with E-state index < -0.39 is 0 Å². The average molecular weight is 357 g/mol. The Hall–Kier alpha value is -2.34. The third-order valence-corrected chi connectivity index (χ3v) is 4.79. The predicted octanol–water partition coefficient (Wildman–Crippen LogP) is 4.80. The fourth-order valence-electron chi connectivity index (χ4n) is 2.52. The maximum absolute atomic E-state index is 13.8. The molecule has 0 fully saturated rings. The topological polar surface area (TPSA) is 39.9 Å². The number of rotatable bonds is 7. The largest absolute Gasteiger partial charge is 0.494 e. The van der Waals surface area contributed by atoms with E-state index in [1.165, 1.54) is 17.8 Å². The Bertz CT molecular complexity index is 833. The Morgan fingerprint density at radius 2 is 1.80 bits per heavy atom. The number of benzene rings is 2. The number of aromatic nitrogens is 3. The molecule has 0 aliphatic heterocycles. The highest BCUT2D eigenvalue weighted by Crippen LogP contribution is 2.28. The number of thioether (sulfide) groups is 1. The molecule has 130 valence electrons. The average Bonchev–Trinajstić information content (AvgIpc) is 3.05. The third-order valence-electron chi connectivity index (χ3n) is 3.77. The number of ether oxygens (including phenoxy) is 1. The summed E-state index contributed by atoms with van der Waals surface area (Å²) < 4.78 is 21.3. The number of nitrogens with zero attached hydrogens (tertiary/aromatic N) is 3. The minimum Gasteiger partial charge on any atom is -0.494 e. The first-order valence-corrected chi connectivity index (χ1v) is 9.24. The molecular formula is C19H20FN3OS. The van der Waals surface area contributed by atoms with E-state index in [0.717, 1.165) is 28.8 Å². The summed E-state index contributed by atoms with van der Waals surface area (Å²) in [7, 11) is 0. The van der Waals surface area contributed by atoms with Gasteiger partial charge in [-0.15, -0.1) is 10.2 Å². The molecular weight excluding hydrogens is 337 g/mol. The van der Waals surface area contributed by atoms with Gasteiger partial charge >= 0.3 is 0 Å². The van der Waals surface area contributed by atoms with Crippen LogP contribution in [0.1, 0.15) is 19.4 Å². The first kappa shape index (κ1) is 17.5. The van der Waals surface area contributed by atoms with Crippen LogP contribution in [-0.4, -0.2) is 21.4 Å². The fourth-order valence-corrected chi connectivity index (χ4v) is 3.51. The second kappa shape index (κ2) is 8.16. The zero-order valence-electron chi connectivity index (χ0n) is 14.3. The summed E-state index contributed by atoms with van der Waals surface area (Å²) in [6.45, 7) is 5.39. The number of halogens is 1. The molecule has 0 aliphatic carbocycles. The summed E-state index contributed by atoms with van der Waals surface area (Å²) in [5, 5.41) is 9.40. The van der Waals surface area contributed by atoms with E-state index in [-0.39, 0.29) is 5.82 Å². The lowest BCUT2D eigenvalue weighted by atomic mass is 10.2. The summed E-state index contributed by atoms with van der Waals surface area (Å²) in [4.78, 5) is 0. The molecule has 4 nitrogen and oxygen atoms in total. The van der Waals surface area contributed by atoms with Crippen LogP contribution in [0.2, 0.25) is 0 Å². The van der Waals surface area contributed by atoms with Gasteiger partial charge < -0.3 is 9.30 Å². The van der Waals surface area contributed by atoms with Crippen molar-refractivity contribution in [1.82, 2.24) is 14.8 Å². The van der Waals surface area contributed by atoms with Gasteiger partial charge in [0.05, 0.1) is 6.61 Å². The van der Waals surface area contributed by atoms with Crippen LogP contribution in [0.25, 0.3) is 11.4 Å². The van der Waals surface area contributed by atoms with Crippen LogP contribution in [0.15, 0.2) is 53.7 Å². The lowest BCUT2D eigenvalue weighted by Gasteiger charge is -2.08. The van der Waals surface area contributed by atoms with Gasteiger partial charge in [0.25, 0.3) is 0 Å². The maximum atomic E-state index is 13.8. The van der Waals surface area contributed by atoms with Crippen molar-refractivity contribution in [3.8, 4) is 17.1 Å². The van der Waals surface area contributed by atoms with Crippen molar-refractivity contribution in [3.05, 3.63) is 59.9 Å². The van der Waals surface area contributed by atoms with Crippen LogP contribution in [-0.2, 0) is 12.3 Å². The van der Waals surface area contributed by atoms with E-state index in [1.807, 2.05) is 41.8 Å². The van der Waals surface area contributed by atoms with Crippen molar-refractivity contribution >= 4 is 11.8 Å². The summed E-state index contributed by atoms with van der Waals surface area (Å²) in [6.07, 6.45) is 0. The normalized spacial score (nSPS) is 10.8. The molecule has 1 aromatic heterocycles. The van der Waals surface area contributed by atoms with Crippen LogP contribution in [0, 0.1) is 5.82 Å². The molecule has 0 saturated heterocycles. The van der Waals surface area contributed by atoms with Gasteiger partial charge in [0.2, 0.25) is 0 Å². The SMILES string of the molecule is CCOc1ccc(-c2nnc(SCc3ccccc3F)n2CC)cc1. The molecule has 6 heteroatoms. The van der Waals surface area contributed by atoms with E-state index in [9.17, 15) is 4.39 Å². The van der Waals surface area contributed by atoms with Gasteiger partial charge in [-0.2, -0.15) is 0 Å². The zero-order valence-corrected chi connectivity index (χ0v) is 15.1. The van der Waals surface area contributed by atoms with Gasteiger partial charge in [-0.3, -0.25) is 0 Å². The first-order chi connectivity index (χ1) is 12.2. The summed E-state index contributed by atoms with van der Waals surface area (Å²) in [5.74, 6) is 1.97. The van der Waals surface area contributed by atoms with Crippen molar-refractivity contribution in [2.24, 2.45) is 0 Å². The van der Waals surface area contributed by atoms with Crippen molar-refractivity contribution in [1.29, 1.82) is 0 Å². The molecule has 0 atom stereocenters. The van der Waals surface area contributed by atoms with Crippen molar-refractivity contribution in [3.63, 3.8) is 0 Å². The van der Waals surface area contributed by atoms with Crippen molar-refractivity contribution in [2.75, 3.05) is 6.61 Å². The van der Waals surface area contributed by atoms with Gasteiger partial charge in [0.1, 0.15) is 11.6 Å². The molecule has 0 saturated carbocycles. The molecule has 3 rings (SSSR count). The van der Waals surface area contributed by atoms with Crippen LogP contribution in [0.4, 0.5) is 4.39 Å². The highest BCUT2D eigenvalue weighted by atomic mass is 32.2. The minimum absolute atomic E-state index is 0.190. The van der Waals surface area contributed by atoms with Gasteiger partial charge in [-0.05, 0) is 49.7 Å². The van der Waals surface area contributed by atoms with E-state index in [0.29, 0.717) is 17.9 Å². The second-order valence-corrected chi connectivity index (χ2v) is 6.33. The molecule has 0 unspecified atom stereocenters. The van der Waals surface area contributed by atoms with Crippen molar-refractivity contribution < 1.29 is 9.13 Å². The number of hydrogen-bond acceptors (Lipinski definition) is 4. The smallest absolute Gasteiger partial charge is 0.191 e. The monoisotopic (exact) mass is 357 g/mol. The minimum atomic E-state index is -0.190. The van der Waals surface area contributed by atoms with Gasteiger partial charge in [0, 0.05) is 17.9 Å². The maximum Gasteiger partial charge on any atom is 0.191 e. The zero-order chi connectivity index (χ0) is 17.6. The quantitative estimate of drug-likeness (QED) is 0.570. The van der Waals surface area contributed by atoms with Crippen LogP contribution < -0.4 is 4.74 Å². The molecule has 0 aliphatic rings. The predicted molar refractivity (Wildman–Crippen MR) is 98.3 cm³/mol. The second-order valence-electron chi connectivity index (χ2n) is 5.39. The highest BCUT2D eigenvalue weighted by molar-refractivity contribution is 7.98. The van der Waals surface area contributed by atoms with E-state index >= 15 is 0 Å². The molecule has 0 radical (unpaired) electrons. The van der Waals surface area contributed by atoms with Gasteiger partial charge in [-0.25, -0.2) is 4.39 Å².